The van der Waals surface area contributed by atoms with Gasteiger partial charge < -0.3 is 15.0 Å². The predicted molar refractivity (Wildman–Crippen MR) is 93.0 cm³/mol. The van der Waals surface area contributed by atoms with Crippen LogP contribution in [-0.2, 0) is 11.2 Å². The summed E-state index contributed by atoms with van der Waals surface area (Å²) >= 11 is 0. The monoisotopic (exact) mass is 339 g/mol. The van der Waals surface area contributed by atoms with Crippen LogP contribution < -0.4 is 0 Å². The molecule has 0 bridgehead atoms. The van der Waals surface area contributed by atoms with Crippen LogP contribution in [0.1, 0.15) is 35.9 Å². The molecule has 1 aliphatic heterocycles. The van der Waals surface area contributed by atoms with E-state index in [1.54, 1.807) is 17.8 Å². The lowest BCUT2D eigenvalue weighted by molar-refractivity contribution is -0.136. The second-order valence-electron chi connectivity index (χ2n) is 6.74. The van der Waals surface area contributed by atoms with E-state index in [1.165, 1.54) is 5.56 Å². The summed E-state index contributed by atoms with van der Waals surface area (Å²) in [5.74, 6) is 0.122. The second kappa shape index (κ2) is 6.00. The standard InChI is InChI=1S/C18H21N5O2/c1-11-4-3-5-15-18(11)13(7-19-15)6-17(25)22-8-14(9-22)23-10-16(12(2)24)20-21-23/h3-5,7,10,12,14,19,24H,6,8-9H2,1-2H3. The maximum absolute atomic E-state index is 12.6. The Labute approximate surface area is 145 Å². The van der Waals surface area contributed by atoms with E-state index < -0.39 is 6.10 Å². The zero-order valence-corrected chi connectivity index (χ0v) is 14.3. The van der Waals surface area contributed by atoms with Crippen molar-refractivity contribution < 1.29 is 9.90 Å². The van der Waals surface area contributed by atoms with E-state index >= 15 is 0 Å². The summed E-state index contributed by atoms with van der Waals surface area (Å²) in [4.78, 5) is 17.6. The Morgan fingerprint density at radius 2 is 2.24 bits per heavy atom. The molecule has 2 aromatic heterocycles. The number of aromatic amines is 1. The molecule has 0 radical (unpaired) electrons. The van der Waals surface area contributed by atoms with Gasteiger partial charge in [0.1, 0.15) is 5.69 Å². The number of benzene rings is 1. The molecule has 25 heavy (non-hydrogen) atoms. The van der Waals surface area contributed by atoms with Gasteiger partial charge >= 0.3 is 0 Å². The smallest absolute Gasteiger partial charge is 0.227 e. The number of hydrogen-bond donors (Lipinski definition) is 2. The quantitative estimate of drug-likeness (QED) is 0.758. The number of hydrogen-bond acceptors (Lipinski definition) is 4. The molecule has 4 rings (SSSR count). The van der Waals surface area contributed by atoms with E-state index in [2.05, 4.69) is 28.3 Å². The molecule has 0 saturated carbocycles. The van der Waals surface area contributed by atoms with Gasteiger partial charge in [0.25, 0.3) is 0 Å². The molecule has 1 atom stereocenters. The molecular formula is C18H21N5O2. The summed E-state index contributed by atoms with van der Waals surface area (Å²) in [6.07, 6.45) is 3.45. The topological polar surface area (TPSA) is 87.0 Å². The Balaban J connectivity index is 1.41. The number of amides is 1. The minimum Gasteiger partial charge on any atom is -0.387 e. The molecule has 1 fully saturated rings. The van der Waals surface area contributed by atoms with Crippen molar-refractivity contribution >= 4 is 16.8 Å². The summed E-state index contributed by atoms with van der Waals surface area (Å²) in [6, 6.07) is 6.24. The number of aromatic nitrogens is 4. The molecule has 1 amide bonds. The fourth-order valence-corrected chi connectivity index (χ4v) is 3.35. The number of rotatable bonds is 4. The molecule has 1 saturated heterocycles. The van der Waals surface area contributed by atoms with Crippen molar-refractivity contribution in [3.8, 4) is 0 Å². The Morgan fingerprint density at radius 1 is 1.44 bits per heavy atom. The number of H-pyrrole nitrogens is 1. The minimum atomic E-state index is -0.628. The van der Waals surface area contributed by atoms with Gasteiger partial charge in [-0.3, -0.25) is 4.79 Å². The summed E-state index contributed by atoms with van der Waals surface area (Å²) in [5.41, 5.74) is 3.84. The average Bonchev–Trinajstić information content (AvgIpc) is 3.14. The van der Waals surface area contributed by atoms with Crippen LogP contribution in [0.3, 0.4) is 0 Å². The number of fused-ring (bicyclic) bond motifs is 1. The van der Waals surface area contributed by atoms with Gasteiger partial charge in [-0.15, -0.1) is 5.10 Å². The number of carbonyl (C=O) groups is 1. The average molecular weight is 339 g/mol. The number of aliphatic hydroxyl groups excluding tert-OH is 1. The van der Waals surface area contributed by atoms with Crippen LogP contribution in [0.2, 0.25) is 0 Å². The largest absolute Gasteiger partial charge is 0.387 e. The van der Waals surface area contributed by atoms with Crippen LogP contribution in [0.25, 0.3) is 10.9 Å². The van der Waals surface area contributed by atoms with E-state index in [4.69, 9.17) is 0 Å². The molecule has 2 N–H and O–H groups in total. The highest BCUT2D eigenvalue weighted by atomic mass is 16.3. The highest BCUT2D eigenvalue weighted by Gasteiger charge is 2.33. The van der Waals surface area contributed by atoms with Crippen LogP contribution in [-0.4, -0.2) is 49.0 Å². The Kier molecular flexibility index (Phi) is 3.80. The molecule has 130 valence electrons. The van der Waals surface area contributed by atoms with E-state index in [1.807, 2.05) is 23.2 Å². The van der Waals surface area contributed by atoms with Crippen molar-refractivity contribution in [1.82, 2.24) is 24.9 Å². The molecule has 0 aliphatic carbocycles. The van der Waals surface area contributed by atoms with Gasteiger partial charge in [-0.25, -0.2) is 4.68 Å². The number of aliphatic hydroxyl groups is 1. The maximum Gasteiger partial charge on any atom is 0.227 e. The fraction of sp³-hybridized carbons (Fsp3) is 0.389. The van der Waals surface area contributed by atoms with Gasteiger partial charge in [0.15, 0.2) is 0 Å². The molecular weight excluding hydrogens is 318 g/mol. The molecule has 3 heterocycles. The summed E-state index contributed by atoms with van der Waals surface area (Å²) in [5, 5.41) is 18.7. The van der Waals surface area contributed by atoms with E-state index in [0.29, 0.717) is 25.2 Å². The van der Waals surface area contributed by atoms with Crippen molar-refractivity contribution in [2.45, 2.75) is 32.4 Å². The first-order valence-electron chi connectivity index (χ1n) is 8.46. The zero-order chi connectivity index (χ0) is 17.6. The van der Waals surface area contributed by atoms with Gasteiger partial charge in [0, 0.05) is 30.2 Å². The number of nitrogens with zero attached hydrogens (tertiary/aromatic N) is 4. The first-order chi connectivity index (χ1) is 12.0. The van der Waals surface area contributed by atoms with Gasteiger partial charge in [-0.1, -0.05) is 17.3 Å². The summed E-state index contributed by atoms with van der Waals surface area (Å²) in [6.45, 7) is 4.98. The SMILES string of the molecule is Cc1cccc2[nH]cc(CC(=O)N3CC(n4cc(C(C)O)nn4)C3)c12. The maximum atomic E-state index is 12.6. The Hall–Kier alpha value is -2.67. The van der Waals surface area contributed by atoms with Gasteiger partial charge in [0.05, 0.1) is 24.8 Å². The van der Waals surface area contributed by atoms with Crippen LogP contribution >= 0.6 is 0 Å². The fourth-order valence-electron chi connectivity index (χ4n) is 3.35. The zero-order valence-electron chi connectivity index (χ0n) is 14.3. The van der Waals surface area contributed by atoms with Crippen molar-refractivity contribution in [1.29, 1.82) is 0 Å². The van der Waals surface area contributed by atoms with E-state index in [9.17, 15) is 9.90 Å². The third-order valence-corrected chi connectivity index (χ3v) is 4.88. The van der Waals surface area contributed by atoms with Crippen LogP contribution in [0.15, 0.2) is 30.6 Å². The highest BCUT2D eigenvalue weighted by Crippen LogP contribution is 2.26. The lowest BCUT2D eigenvalue weighted by atomic mass is 10.0. The van der Waals surface area contributed by atoms with Crippen LogP contribution in [0.5, 0.6) is 0 Å². The lowest BCUT2D eigenvalue weighted by Crippen LogP contribution is -2.51. The number of nitrogens with one attached hydrogen (secondary N) is 1. The van der Waals surface area contributed by atoms with Crippen molar-refractivity contribution in [2.24, 2.45) is 0 Å². The third kappa shape index (κ3) is 2.80. The van der Waals surface area contributed by atoms with Crippen LogP contribution in [0.4, 0.5) is 0 Å². The first kappa shape index (κ1) is 15.8. The normalized spacial score (nSPS) is 16.2. The Morgan fingerprint density at radius 3 is 2.96 bits per heavy atom. The molecule has 0 spiro atoms. The van der Waals surface area contributed by atoms with Crippen LogP contribution in [0, 0.1) is 6.92 Å². The van der Waals surface area contributed by atoms with Gasteiger partial charge in [-0.05, 0) is 31.0 Å². The first-order valence-corrected chi connectivity index (χ1v) is 8.46. The van der Waals surface area contributed by atoms with Crippen molar-refractivity contribution in [3.05, 3.63) is 47.4 Å². The Bertz CT molecular complexity index is 921. The number of carbonyl (C=O) groups excluding carboxylic acids is 1. The second-order valence-corrected chi connectivity index (χ2v) is 6.74. The predicted octanol–water partition coefficient (Wildman–Crippen LogP) is 1.75. The molecule has 7 nitrogen and oxygen atoms in total. The van der Waals surface area contributed by atoms with Crippen molar-refractivity contribution in [3.63, 3.8) is 0 Å². The molecule has 7 heteroatoms. The minimum absolute atomic E-state index is 0.122. The number of likely N-dealkylation sites (tertiary alicyclic amines) is 1. The molecule has 1 unspecified atom stereocenters. The number of aryl methyl sites for hydroxylation is 1. The van der Waals surface area contributed by atoms with Crippen molar-refractivity contribution in [2.75, 3.05) is 13.1 Å². The highest BCUT2D eigenvalue weighted by molar-refractivity contribution is 5.91. The third-order valence-electron chi connectivity index (χ3n) is 4.88. The van der Waals surface area contributed by atoms with E-state index in [0.717, 1.165) is 16.5 Å². The lowest BCUT2D eigenvalue weighted by Gasteiger charge is -2.39. The molecule has 3 aromatic rings. The summed E-state index contributed by atoms with van der Waals surface area (Å²) in [7, 11) is 0. The molecule has 1 aliphatic rings. The molecule has 1 aromatic carbocycles. The summed E-state index contributed by atoms with van der Waals surface area (Å²) < 4.78 is 1.74. The van der Waals surface area contributed by atoms with E-state index in [-0.39, 0.29) is 11.9 Å². The van der Waals surface area contributed by atoms with Gasteiger partial charge in [0.2, 0.25) is 5.91 Å². The van der Waals surface area contributed by atoms with Gasteiger partial charge in [-0.2, -0.15) is 0 Å².